The van der Waals surface area contributed by atoms with Crippen LogP contribution in [0.5, 0.6) is 0 Å². The van der Waals surface area contributed by atoms with Crippen molar-refractivity contribution < 1.29 is 0 Å². The lowest BCUT2D eigenvalue weighted by molar-refractivity contribution is 1.08. The molecule has 0 spiro atoms. The number of fused-ring (bicyclic) bond motifs is 6. The molecular weight excluding hydrogens is 655 g/mol. The smallest absolute Gasteiger partial charge is 0.164 e. The van der Waals surface area contributed by atoms with E-state index >= 15 is 0 Å². The van der Waals surface area contributed by atoms with Gasteiger partial charge in [0.25, 0.3) is 0 Å². The Morgan fingerprint density at radius 3 is 1.28 bits per heavy atom. The van der Waals surface area contributed by atoms with Crippen LogP contribution >= 0.6 is 0 Å². The van der Waals surface area contributed by atoms with Gasteiger partial charge in [-0.05, 0) is 87.9 Å². The molecule has 0 unspecified atom stereocenters. The van der Waals surface area contributed by atoms with E-state index in [1.165, 1.54) is 53.9 Å². The Morgan fingerprint density at radius 2 is 0.685 bits per heavy atom. The highest BCUT2D eigenvalue weighted by Crippen LogP contribution is 2.42. The van der Waals surface area contributed by atoms with E-state index in [4.69, 9.17) is 15.0 Å². The quantitative estimate of drug-likeness (QED) is 0.173. The zero-order valence-corrected chi connectivity index (χ0v) is 29.2. The molecule has 11 rings (SSSR count). The lowest BCUT2D eigenvalue weighted by atomic mass is 9.88. The Hall–Kier alpha value is -7.23. The van der Waals surface area contributed by atoms with Crippen molar-refractivity contribution in [3.8, 4) is 45.3 Å². The van der Waals surface area contributed by atoms with Crippen LogP contribution in [0, 0.1) is 0 Å². The minimum atomic E-state index is 0.651. The van der Waals surface area contributed by atoms with Crippen LogP contribution in [0.2, 0.25) is 0 Å². The van der Waals surface area contributed by atoms with Crippen LogP contribution in [0.4, 0.5) is 0 Å². The summed E-state index contributed by atoms with van der Waals surface area (Å²) in [5, 5.41) is 14.9. The Morgan fingerprint density at radius 1 is 0.241 bits per heavy atom. The first-order valence-corrected chi connectivity index (χ1v) is 18.4. The van der Waals surface area contributed by atoms with E-state index in [1.807, 2.05) is 60.7 Å². The normalized spacial score (nSPS) is 11.7. The summed E-state index contributed by atoms with van der Waals surface area (Å²) in [7, 11) is 0. The van der Waals surface area contributed by atoms with Crippen LogP contribution in [0.1, 0.15) is 0 Å². The van der Waals surface area contributed by atoms with Crippen molar-refractivity contribution in [2.75, 3.05) is 0 Å². The number of benzene rings is 9. The molecule has 0 aliphatic rings. The molecule has 250 valence electrons. The maximum Gasteiger partial charge on any atom is 0.164 e. The van der Waals surface area contributed by atoms with E-state index in [0.717, 1.165) is 38.6 Å². The third-order valence-electron chi connectivity index (χ3n) is 10.9. The van der Waals surface area contributed by atoms with Crippen LogP contribution < -0.4 is 0 Å². The fraction of sp³-hybridized carbons (Fsp3) is 0. The molecule has 0 saturated carbocycles. The van der Waals surface area contributed by atoms with Gasteiger partial charge in [0.2, 0.25) is 0 Å². The number of hydrogen-bond acceptors (Lipinski definition) is 3. The van der Waals surface area contributed by atoms with E-state index in [1.54, 1.807) is 0 Å². The SMILES string of the molecule is c1ccc(-c2nc(-c3ccccc3)nc(-c3ccc(-c4ccc5c(c4)c4ccccc4c4cccc6ccc7cccc5c7c64)c4ccccc34)n2)cc1. The Bertz CT molecular complexity index is 3200. The summed E-state index contributed by atoms with van der Waals surface area (Å²) in [6.07, 6.45) is 0. The molecule has 10 aromatic carbocycles. The number of aromatic nitrogens is 3. The van der Waals surface area contributed by atoms with E-state index in [-0.39, 0.29) is 0 Å². The summed E-state index contributed by atoms with van der Waals surface area (Å²) < 4.78 is 0. The van der Waals surface area contributed by atoms with Crippen molar-refractivity contribution in [1.29, 1.82) is 0 Å². The van der Waals surface area contributed by atoms with Gasteiger partial charge in [-0.3, -0.25) is 0 Å². The zero-order chi connectivity index (χ0) is 35.6. The lowest BCUT2D eigenvalue weighted by Gasteiger charge is -2.15. The number of rotatable bonds is 4. The second kappa shape index (κ2) is 12.2. The summed E-state index contributed by atoms with van der Waals surface area (Å²) in [5.41, 5.74) is 5.21. The molecule has 0 saturated heterocycles. The van der Waals surface area contributed by atoms with Crippen molar-refractivity contribution in [1.82, 2.24) is 15.0 Å². The first kappa shape index (κ1) is 30.4. The monoisotopic (exact) mass is 685 g/mol. The van der Waals surface area contributed by atoms with Gasteiger partial charge in [-0.1, -0.05) is 176 Å². The highest BCUT2D eigenvalue weighted by molar-refractivity contribution is 6.33. The number of nitrogens with zero attached hydrogens (tertiary/aromatic N) is 3. The molecule has 1 aromatic heterocycles. The summed E-state index contributed by atoms with van der Waals surface area (Å²) in [6.45, 7) is 0. The molecule has 3 nitrogen and oxygen atoms in total. The maximum absolute atomic E-state index is 5.08. The average molecular weight is 686 g/mol. The van der Waals surface area contributed by atoms with Crippen molar-refractivity contribution in [3.05, 3.63) is 188 Å². The predicted molar refractivity (Wildman–Crippen MR) is 227 cm³/mol. The van der Waals surface area contributed by atoms with Crippen molar-refractivity contribution in [2.45, 2.75) is 0 Å². The molecule has 11 aromatic rings. The van der Waals surface area contributed by atoms with Crippen molar-refractivity contribution in [3.63, 3.8) is 0 Å². The van der Waals surface area contributed by atoms with Gasteiger partial charge in [0.15, 0.2) is 17.5 Å². The second-order valence-electron chi connectivity index (χ2n) is 13.9. The van der Waals surface area contributed by atoms with Gasteiger partial charge in [-0.15, -0.1) is 0 Å². The zero-order valence-electron chi connectivity index (χ0n) is 29.2. The third kappa shape index (κ3) is 4.79. The third-order valence-corrected chi connectivity index (χ3v) is 10.9. The van der Waals surface area contributed by atoms with Gasteiger partial charge in [0.1, 0.15) is 0 Å². The molecule has 0 radical (unpaired) electrons. The molecule has 0 aliphatic heterocycles. The molecule has 1 heterocycles. The summed E-state index contributed by atoms with van der Waals surface area (Å²) in [6, 6.07) is 67.2. The minimum Gasteiger partial charge on any atom is -0.208 e. The average Bonchev–Trinajstić information content (AvgIpc) is 3.25. The molecular formula is C51H31N3. The summed E-state index contributed by atoms with van der Waals surface area (Å²) in [5.74, 6) is 1.96. The van der Waals surface area contributed by atoms with Gasteiger partial charge in [0.05, 0.1) is 0 Å². The van der Waals surface area contributed by atoms with Crippen molar-refractivity contribution in [2.24, 2.45) is 0 Å². The van der Waals surface area contributed by atoms with Crippen molar-refractivity contribution >= 4 is 64.6 Å². The molecule has 0 N–H and O–H groups in total. The van der Waals surface area contributed by atoms with E-state index < -0.39 is 0 Å². The largest absolute Gasteiger partial charge is 0.208 e. The number of hydrogen-bond donors (Lipinski definition) is 0. The van der Waals surface area contributed by atoms with Gasteiger partial charge in [0, 0.05) is 16.7 Å². The summed E-state index contributed by atoms with van der Waals surface area (Å²) >= 11 is 0. The van der Waals surface area contributed by atoms with Crippen LogP contribution in [0.15, 0.2) is 188 Å². The molecule has 54 heavy (non-hydrogen) atoms. The fourth-order valence-electron chi connectivity index (χ4n) is 8.40. The molecule has 3 heteroatoms. The van der Waals surface area contributed by atoms with Gasteiger partial charge in [-0.2, -0.15) is 0 Å². The second-order valence-corrected chi connectivity index (χ2v) is 13.9. The van der Waals surface area contributed by atoms with Crippen LogP contribution in [0.3, 0.4) is 0 Å². The van der Waals surface area contributed by atoms with Crippen LogP contribution in [-0.2, 0) is 0 Å². The van der Waals surface area contributed by atoms with E-state index in [0.29, 0.717) is 17.5 Å². The van der Waals surface area contributed by atoms with Crippen LogP contribution in [0.25, 0.3) is 110 Å². The molecule has 0 amide bonds. The maximum atomic E-state index is 5.08. The topological polar surface area (TPSA) is 38.7 Å². The molecule has 0 bridgehead atoms. The fourth-order valence-corrected chi connectivity index (χ4v) is 8.40. The molecule has 0 aliphatic carbocycles. The minimum absolute atomic E-state index is 0.651. The van der Waals surface area contributed by atoms with Gasteiger partial charge >= 0.3 is 0 Å². The first-order chi connectivity index (χ1) is 26.8. The highest BCUT2D eigenvalue weighted by atomic mass is 15.0. The van der Waals surface area contributed by atoms with Gasteiger partial charge in [-0.25, -0.2) is 15.0 Å². The Balaban J connectivity index is 1.17. The van der Waals surface area contributed by atoms with E-state index in [2.05, 4.69) is 127 Å². The van der Waals surface area contributed by atoms with E-state index in [9.17, 15) is 0 Å². The molecule has 0 fully saturated rings. The molecule has 0 atom stereocenters. The first-order valence-electron chi connectivity index (χ1n) is 18.4. The predicted octanol–water partition coefficient (Wildman–Crippen LogP) is 13.5. The Labute approximate surface area is 311 Å². The highest BCUT2D eigenvalue weighted by Gasteiger charge is 2.17. The standard InChI is InChI=1S/C51H31N3/c1-3-13-34(14-4-1)49-52-50(35-15-5-2-6-16-35)54-51(53-49)45-30-29-37(38-19-7-9-21-40(38)45)36-27-28-42-44-24-12-18-33-26-25-32-17-11-23-43(47(32)48(33)44)39-20-8-10-22-41(39)46(42)31-36/h1-31H. The Kier molecular flexibility index (Phi) is 6.86. The lowest BCUT2D eigenvalue weighted by Crippen LogP contribution is -2.00. The van der Waals surface area contributed by atoms with Gasteiger partial charge < -0.3 is 0 Å². The summed E-state index contributed by atoms with van der Waals surface area (Å²) in [4.78, 5) is 15.1. The van der Waals surface area contributed by atoms with Crippen LogP contribution in [-0.4, -0.2) is 15.0 Å².